The fourth-order valence-electron chi connectivity index (χ4n) is 2.73. The zero-order valence-corrected chi connectivity index (χ0v) is 12.2. The van der Waals surface area contributed by atoms with Crippen LogP contribution in [0.2, 0.25) is 0 Å². The zero-order valence-electron chi connectivity index (χ0n) is 12.2. The molecule has 0 aromatic carbocycles. The minimum absolute atomic E-state index is 0.680. The second-order valence-electron chi connectivity index (χ2n) is 5.28. The Morgan fingerprint density at radius 1 is 1.24 bits per heavy atom. The standard InChI is InChI=1S/C14H31N3/c1-5-16(6-2)11-12-17-9-7-14(8-10-17)13(3)15-4/h13-15H,5-12H2,1-4H3. The highest BCUT2D eigenvalue weighted by molar-refractivity contribution is 4.79. The molecule has 1 N–H and O–H groups in total. The van der Waals surface area contributed by atoms with Crippen LogP contribution in [0.25, 0.3) is 0 Å². The fourth-order valence-corrected chi connectivity index (χ4v) is 2.73. The van der Waals surface area contributed by atoms with Crippen molar-refractivity contribution < 1.29 is 0 Å². The molecule has 102 valence electrons. The molecule has 0 spiro atoms. The second-order valence-corrected chi connectivity index (χ2v) is 5.28. The maximum Gasteiger partial charge on any atom is 0.0109 e. The van der Waals surface area contributed by atoms with E-state index in [0.717, 1.165) is 5.92 Å². The van der Waals surface area contributed by atoms with Gasteiger partial charge in [0.1, 0.15) is 0 Å². The number of rotatable bonds is 7. The highest BCUT2D eigenvalue weighted by Crippen LogP contribution is 2.20. The summed E-state index contributed by atoms with van der Waals surface area (Å²) < 4.78 is 0. The van der Waals surface area contributed by atoms with E-state index in [-0.39, 0.29) is 0 Å². The van der Waals surface area contributed by atoms with Gasteiger partial charge in [-0.3, -0.25) is 0 Å². The molecule has 3 nitrogen and oxygen atoms in total. The lowest BCUT2D eigenvalue weighted by Crippen LogP contribution is -2.43. The number of nitrogens with one attached hydrogen (secondary N) is 1. The molecule has 1 aliphatic heterocycles. The van der Waals surface area contributed by atoms with Gasteiger partial charge in [0, 0.05) is 19.1 Å². The third-order valence-corrected chi connectivity index (χ3v) is 4.42. The number of likely N-dealkylation sites (tertiary alicyclic amines) is 1. The summed E-state index contributed by atoms with van der Waals surface area (Å²) in [6, 6.07) is 0.680. The van der Waals surface area contributed by atoms with E-state index >= 15 is 0 Å². The van der Waals surface area contributed by atoms with Crippen LogP contribution in [0.1, 0.15) is 33.6 Å². The van der Waals surface area contributed by atoms with Crippen LogP contribution in [0.15, 0.2) is 0 Å². The Hall–Kier alpha value is -0.120. The maximum atomic E-state index is 3.39. The Bertz CT molecular complexity index is 184. The molecule has 0 bridgehead atoms. The first-order chi connectivity index (χ1) is 8.21. The van der Waals surface area contributed by atoms with Gasteiger partial charge in [-0.15, -0.1) is 0 Å². The van der Waals surface area contributed by atoms with Gasteiger partial charge in [-0.1, -0.05) is 13.8 Å². The second kappa shape index (κ2) is 8.06. The van der Waals surface area contributed by atoms with E-state index in [1.165, 1.54) is 52.1 Å². The maximum absolute atomic E-state index is 3.39. The van der Waals surface area contributed by atoms with E-state index in [9.17, 15) is 0 Å². The summed E-state index contributed by atoms with van der Waals surface area (Å²) >= 11 is 0. The molecule has 0 aromatic rings. The van der Waals surface area contributed by atoms with Crippen molar-refractivity contribution in [2.45, 2.75) is 39.7 Å². The summed E-state index contributed by atoms with van der Waals surface area (Å²) in [7, 11) is 2.08. The molecule has 0 saturated carbocycles. The quantitative estimate of drug-likeness (QED) is 0.731. The highest BCUT2D eigenvalue weighted by Gasteiger charge is 2.22. The lowest BCUT2D eigenvalue weighted by Gasteiger charge is -2.35. The van der Waals surface area contributed by atoms with Crippen LogP contribution >= 0.6 is 0 Å². The molecule has 1 unspecified atom stereocenters. The summed E-state index contributed by atoms with van der Waals surface area (Å²) in [5.41, 5.74) is 0. The van der Waals surface area contributed by atoms with Crippen molar-refractivity contribution >= 4 is 0 Å². The Kier molecular flexibility index (Phi) is 7.09. The average molecular weight is 241 g/mol. The fraction of sp³-hybridized carbons (Fsp3) is 1.00. The molecule has 0 aromatic heterocycles. The van der Waals surface area contributed by atoms with Crippen LogP contribution in [0.3, 0.4) is 0 Å². The molecule has 1 saturated heterocycles. The van der Waals surface area contributed by atoms with Crippen molar-refractivity contribution in [2.75, 3.05) is 46.3 Å². The van der Waals surface area contributed by atoms with E-state index in [0.29, 0.717) is 6.04 Å². The molecule has 17 heavy (non-hydrogen) atoms. The van der Waals surface area contributed by atoms with Crippen molar-refractivity contribution in [2.24, 2.45) is 5.92 Å². The van der Waals surface area contributed by atoms with Crippen LogP contribution in [0.4, 0.5) is 0 Å². The molecule has 0 radical (unpaired) electrons. The molecule has 1 atom stereocenters. The van der Waals surface area contributed by atoms with Crippen molar-refractivity contribution in [3.8, 4) is 0 Å². The topological polar surface area (TPSA) is 18.5 Å². The first-order valence-electron chi connectivity index (χ1n) is 7.33. The van der Waals surface area contributed by atoms with Gasteiger partial charge in [-0.2, -0.15) is 0 Å². The molecule has 1 rings (SSSR count). The Morgan fingerprint density at radius 3 is 2.29 bits per heavy atom. The molecule has 1 fully saturated rings. The number of nitrogens with zero attached hydrogens (tertiary/aromatic N) is 2. The molecular weight excluding hydrogens is 210 g/mol. The highest BCUT2D eigenvalue weighted by atomic mass is 15.2. The van der Waals surface area contributed by atoms with Gasteiger partial charge in [0.05, 0.1) is 0 Å². The largest absolute Gasteiger partial charge is 0.317 e. The van der Waals surface area contributed by atoms with Gasteiger partial charge in [-0.05, 0) is 58.9 Å². The molecule has 1 heterocycles. The third kappa shape index (κ3) is 4.94. The van der Waals surface area contributed by atoms with Gasteiger partial charge in [-0.25, -0.2) is 0 Å². The van der Waals surface area contributed by atoms with E-state index in [4.69, 9.17) is 0 Å². The smallest absolute Gasteiger partial charge is 0.0109 e. The van der Waals surface area contributed by atoms with Gasteiger partial charge in [0.2, 0.25) is 0 Å². The summed E-state index contributed by atoms with van der Waals surface area (Å²) in [6.07, 6.45) is 2.72. The molecule has 0 amide bonds. The zero-order chi connectivity index (χ0) is 12.7. The summed E-state index contributed by atoms with van der Waals surface area (Å²) in [4.78, 5) is 5.15. The number of likely N-dealkylation sites (N-methyl/N-ethyl adjacent to an activating group) is 1. The molecule has 3 heteroatoms. The monoisotopic (exact) mass is 241 g/mol. The minimum Gasteiger partial charge on any atom is -0.317 e. The van der Waals surface area contributed by atoms with Crippen molar-refractivity contribution in [3.05, 3.63) is 0 Å². The van der Waals surface area contributed by atoms with Gasteiger partial charge >= 0.3 is 0 Å². The van der Waals surface area contributed by atoms with Crippen LogP contribution in [-0.2, 0) is 0 Å². The lowest BCUT2D eigenvalue weighted by atomic mass is 9.90. The predicted octanol–water partition coefficient (Wildman–Crippen LogP) is 1.65. The molecule has 0 aliphatic carbocycles. The van der Waals surface area contributed by atoms with Crippen molar-refractivity contribution in [1.29, 1.82) is 0 Å². The minimum atomic E-state index is 0.680. The third-order valence-electron chi connectivity index (χ3n) is 4.42. The number of piperidine rings is 1. The first-order valence-corrected chi connectivity index (χ1v) is 7.33. The van der Waals surface area contributed by atoms with E-state index in [1.54, 1.807) is 0 Å². The Labute approximate surface area is 108 Å². The summed E-state index contributed by atoms with van der Waals surface area (Å²) in [5, 5.41) is 3.39. The summed E-state index contributed by atoms with van der Waals surface area (Å²) in [5.74, 6) is 0.879. The normalized spacial score (nSPS) is 21.0. The van der Waals surface area contributed by atoms with Crippen LogP contribution < -0.4 is 5.32 Å². The van der Waals surface area contributed by atoms with Crippen LogP contribution in [0.5, 0.6) is 0 Å². The molecule has 1 aliphatic rings. The lowest BCUT2D eigenvalue weighted by molar-refractivity contribution is 0.146. The molecular formula is C14H31N3. The van der Waals surface area contributed by atoms with E-state index in [2.05, 4.69) is 42.9 Å². The van der Waals surface area contributed by atoms with Crippen LogP contribution in [0, 0.1) is 5.92 Å². The Morgan fingerprint density at radius 2 is 1.82 bits per heavy atom. The van der Waals surface area contributed by atoms with Gasteiger partial charge < -0.3 is 15.1 Å². The van der Waals surface area contributed by atoms with E-state index in [1.807, 2.05) is 0 Å². The van der Waals surface area contributed by atoms with Crippen molar-refractivity contribution in [3.63, 3.8) is 0 Å². The van der Waals surface area contributed by atoms with Gasteiger partial charge in [0.15, 0.2) is 0 Å². The van der Waals surface area contributed by atoms with Gasteiger partial charge in [0.25, 0.3) is 0 Å². The number of hydrogen-bond acceptors (Lipinski definition) is 3. The Balaban J connectivity index is 2.18. The SMILES string of the molecule is CCN(CC)CCN1CCC(C(C)NC)CC1. The van der Waals surface area contributed by atoms with E-state index < -0.39 is 0 Å². The number of hydrogen-bond donors (Lipinski definition) is 1. The predicted molar refractivity (Wildman–Crippen MR) is 75.5 cm³/mol. The van der Waals surface area contributed by atoms with Crippen LogP contribution in [-0.4, -0.2) is 62.2 Å². The average Bonchev–Trinajstić information content (AvgIpc) is 2.39. The van der Waals surface area contributed by atoms with Crippen molar-refractivity contribution in [1.82, 2.24) is 15.1 Å². The summed E-state index contributed by atoms with van der Waals surface area (Å²) in [6.45, 7) is 14.3. The first kappa shape index (κ1) is 14.9.